The average molecular weight is 347 g/mol. The molecule has 2 aromatic heterocycles. The van der Waals surface area contributed by atoms with Gasteiger partial charge in [0.2, 0.25) is 0 Å². The van der Waals surface area contributed by atoms with E-state index in [0.29, 0.717) is 10.3 Å². The van der Waals surface area contributed by atoms with Gasteiger partial charge in [-0.3, -0.25) is 10.1 Å². The van der Waals surface area contributed by atoms with Crippen molar-refractivity contribution >= 4 is 27.4 Å². The molecule has 0 saturated heterocycles. The van der Waals surface area contributed by atoms with Gasteiger partial charge in [0.15, 0.2) is 0 Å². The summed E-state index contributed by atoms with van der Waals surface area (Å²) in [6.45, 7) is 0. The van der Waals surface area contributed by atoms with Crippen LogP contribution in [0.25, 0.3) is 10.3 Å². The van der Waals surface area contributed by atoms with Crippen LogP contribution in [0.15, 0.2) is 72.9 Å². The summed E-state index contributed by atoms with van der Waals surface area (Å²) >= 11 is 1.47. The zero-order valence-corrected chi connectivity index (χ0v) is 13.9. The molecule has 0 aliphatic carbocycles. The minimum Gasteiger partial charge on any atom is -0.258 e. The molecule has 25 heavy (non-hydrogen) atoms. The Kier molecular flexibility index (Phi) is 3.95. The van der Waals surface area contributed by atoms with E-state index in [1.807, 2.05) is 36.4 Å². The molecular formula is C19H13N3O2S. The maximum absolute atomic E-state index is 11.0. The van der Waals surface area contributed by atoms with Crippen LogP contribution >= 0.6 is 11.3 Å². The molecule has 5 nitrogen and oxygen atoms in total. The van der Waals surface area contributed by atoms with E-state index in [-0.39, 0.29) is 11.6 Å². The monoisotopic (exact) mass is 347 g/mol. The summed E-state index contributed by atoms with van der Waals surface area (Å²) in [5, 5.41) is 11.8. The van der Waals surface area contributed by atoms with E-state index in [0.717, 1.165) is 16.1 Å². The van der Waals surface area contributed by atoms with Crippen LogP contribution in [0.4, 0.5) is 5.69 Å². The van der Waals surface area contributed by atoms with Crippen molar-refractivity contribution in [3.63, 3.8) is 0 Å². The van der Waals surface area contributed by atoms with Gasteiger partial charge in [0, 0.05) is 6.07 Å². The van der Waals surface area contributed by atoms with Crippen LogP contribution in [0.5, 0.6) is 0 Å². The largest absolute Gasteiger partial charge is 0.289 e. The van der Waals surface area contributed by atoms with Gasteiger partial charge in [0.1, 0.15) is 21.6 Å². The second-order valence-electron chi connectivity index (χ2n) is 5.58. The van der Waals surface area contributed by atoms with Crippen LogP contribution in [-0.4, -0.2) is 14.9 Å². The Labute approximate surface area is 147 Å². The first-order valence-corrected chi connectivity index (χ1v) is 8.55. The van der Waals surface area contributed by atoms with Gasteiger partial charge < -0.3 is 0 Å². The molecule has 0 aliphatic heterocycles. The van der Waals surface area contributed by atoms with Gasteiger partial charge in [-0.15, -0.1) is 0 Å². The van der Waals surface area contributed by atoms with Crippen LogP contribution in [0.3, 0.4) is 0 Å². The van der Waals surface area contributed by atoms with Crippen molar-refractivity contribution in [3.8, 4) is 0 Å². The van der Waals surface area contributed by atoms with Gasteiger partial charge in [-0.05, 0) is 11.1 Å². The summed E-state index contributed by atoms with van der Waals surface area (Å²) in [6, 6.07) is 21.7. The van der Waals surface area contributed by atoms with Gasteiger partial charge in [0.25, 0.3) is 5.69 Å². The number of benzene rings is 2. The summed E-state index contributed by atoms with van der Waals surface area (Å²) < 4.78 is 0. The third-order valence-corrected chi connectivity index (χ3v) is 5.02. The Bertz CT molecular complexity index is 993. The lowest BCUT2D eigenvalue weighted by molar-refractivity contribution is -0.385. The van der Waals surface area contributed by atoms with Crippen molar-refractivity contribution in [2.45, 2.75) is 5.92 Å². The summed E-state index contributed by atoms with van der Waals surface area (Å²) in [6.07, 6.45) is 1.28. The predicted octanol–water partition coefficient (Wildman–Crippen LogP) is 4.78. The topological polar surface area (TPSA) is 68.9 Å². The summed E-state index contributed by atoms with van der Waals surface area (Å²) in [5.74, 6) is -0.0272. The highest BCUT2D eigenvalue weighted by molar-refractivity contribution is 7.18. The number of aromatic nitrogens is 2. The molecule has 0 N–H and O–H groups in total. The molecule has 0 radical (unpaired) electrons. The fraction of sp³-hybridized carbons (Fsp3) is 0.0526. The zero-order valence-electron chi connectivity index (χ0n) is 13.1. The van der Waals surface area contributed by atoms with Crippen molar-refractivity contribution in [1.82, 2.24) is 9.97 Å². The molecule has 2 heterocycles. The lowest BCUT2D eigenvalue weighted by Gasteiger charge is -2.15. The Hall–Kier alpha value is -3.12. The fourth-order valence-corrected chi connectivity index (χ4v) is 3.87. The Balaban J connectivity index is 1.87. The van der Waals surface area contributed by atoms with Crippen LogP contribution < -0.4 is 0 Å². The first-order chi connectivity index (χ1) is 12.2. The van der Waals surface area contributed by atoms with Crippen LogP contribution in [0, 0.1) is 10.1 Å². The highest BCUT2D eigenvalue weighted by atomic mass is 32.1. The molecule has 0 bridgehead atoms. The third-order valence-electron chi connectivity index (χ3n) is 3.97. The fourth-order valence-electron chi connectivity index (χ4n) is 2.82. The number of hydrogen-bond acceptors (Lipinski definition) is 5. The maximum Gasteiger partial charge on any atom is 0.289 e. The molecule has 122 valence electrons. The van der Waals surface area contributed by atoms with E-state index in [9.17, 15) is 10.1 Å². The number of nitrogens with zero attached hydrogens (tertiary/aromatic N) is 3. The molecule has 4 rings (SSSR count). The van der Waals surface area contributed by atoms with E-state index < -0.39 is 4.92 Å². The average Bonchev–Trinajstić information content (AvgIpc) is 3.06. The Morgan fingerprint density at radius 3 is 2.12 bits per heavy atom. The highest BCUT2D eigenvalue weighted by Crippen LogP contribution is 2.36. The van der Waals surface area contributed by atoms with E-state index >= 15 is 0 Å². The SMILES string of the molecule is O=[N+]([O-])c1cnc2sc(C(c3ccccc3)c3ccccc3)nc2c1. The molecule has 0 fully saturated rings. The first-order valence-electron chi connectivity index (χ1n) is 7.73. The molecule has 2 aromatic carbocycles. The molecule has 4 aromatic rings. The van der Waals surface area contributed by atoms with E-state index in [2.05, 4.69) is 34.2 Å². The first kappa shape index (κ1) is 15.4. The standard InChI is InChI=1S/C19H13N3O2S/c23-22(24)15-11-16-18(20-12-15)25-19(21-16)17(13-7-3-1-4-8-13)14-9-5-2-6-10-14/h1-12,17H. The summed E-state index contributed by atoms with van der Waals surface area (Å²) in [7, 11) is 0. The van der Waals surface area contributed by atoms with Gasteiger partial charge in [-0.1, -0.05) is 72.0 Å². The number of nitro groups is 1. The van der Waals surface area contributed by atoms with Crippen LogP contribution in [0.2, 0.25) is 0 Å². The number of thiazole rings is 1. The van der Waals surface area contributed by atoms with Crippen molar-refractivity contribution in [3.05, 3.63) is 99.2 Å². The molecule has 6 heteroatoms. The quantitative estimate of drug-likeness (QED) is 0.393. The van der Waals surface area contributed by atoms with Crippen molar-refractivity contribution in [2.75, 3.05) is 0 Å². The van der Waals surface area contributed by atoms with Gasteiger partial charge in [-0.25, -0.2) is 9.97 Å². The molecule has 0 unspecified atom stereocenters. The van der Waals surface area contributed by atoms with Gasteiger partial charge in [-0.2, -0.15) is 0 Å². The normalized spacial score (nSPS) is 11.1. The molecular weight excluding hydrogens is 334 g/mol. The molecule has 0 spiro atoms. The smallest absolute Gasteiger partial charge is 0.258 e. The third kappa shape index (κ3) is 2.99. The Morgan fingerprint density at radius 2 is 1.56 bits per heavy atom. The molecule has 0 amide bonds. The molecule has 0 saturated carbocycles. The van der Waals surface area contributed by atoms with Crippen LogP contribution in [0.1, 0.15) is 22.1 Å². The van der Waals surface area contributed by atoms with E-state index in [1.165, 1.54) is 23.6 Å². The second kappa shape index (κ2) is 6.41. The Morgan fingerprint density at radius 1 is 0.960 bits per heavy atom. The summed E-state index contributed by atoms with van der Waals surface area (Å²) in [5.41, 5.74) is 2.77. The minimum atomic E-state index is -0.447. The van der Waals surface area contributed by atoms with Crippen molar-refractivity contribution in [2.24, 2.45) is 0 Å². The number of pyridine rings is 1. The predicted molar refractivity (Wildman–Crippen MR) is 97.9 cm³/mol. The summed E-state index contributed by atoms with van der Waals surface area (Å²) in [4.78, 5) is 20.1. The van der Waals surface area contributed by atoms with E-state index in [1.54, 1.807) is 0 Å². The second-order valence-corrected chi connectivity index (χ2v) is 6.59. The minimum absolute atomic E-state index is 0.0272. The van der Waals surface area contributed by atoms with Gasteiger partial charge in [0.05, 0.1) is 10.8 Å². The number of fused-ring (bicyclic) bond motifs is 1. The number of hydrogen-bond donors (Lipinski definition) is 0. The van der Waals surface area contributed by atoms with Crippen molar-refractivity contribution < 1.29 is 4.92 Å². The zero-order chi connectivity index (χ0) is 17.2. The lowest BCUT2D eigenvalue weighted by Crippen LogP contribution is -2.02. The maximum atomic E-state index is 11.0. The highest BCUT2D eigenvalue weighted by Gasteiger charge is 2.21. The molecule has 0 aliphatic rings. The van der Waals surface area contributed by atoms with E-state index in [4.69, 9.17) is 0 Å². The van der Waals surface area contributed by atoms with Gasteiger partial charge >= 0.3 is 0 Å². The van der Waals surface area contributed by atoms with Crippen molar-refractivity contribution in [1.29, 1.82) is 0 Å². The van der Waals surface area contributed by atoms with Crippen LogP contribution in [-0.2, 0) is 0 Å². The molecule has 0 atom stereocenters. The number of rotatable bonds is 4. The lowest BCUT2D eigenvalue weighted by atomic mass is 9.92.